The van der Waals surface area contributed by atoms with Crippen LogP contribution in [0, 0.1) is 12.7 Å². The molecule has 0 saturated heterocycles. The number of hydrogen-bond donors (Lipinski definition) is 2. The number of nitrogens with two attached hydrogens (primary N) is 1. The van der Waals surface area contributed by atoms with Crippen LogP contribution in [0.3, 0.4) is 0 Å². The van der Waals surface area contributed by atoms with Crippen LogP contribution >= 0.6 is 22.9 Å². The van der Waals surface area contributed by atoms with E-state index in [1.54, 1.807) is 28.8 Å². The summed E-state index contributed by atoms with van der Waals surface area (Å²) in [4.78, 5) is 25.7. The van der Waals surface area contributed by atoms with E-state index < -0.39 is 17.4 Å². The van der Waals surface area contributed by atoms with Gasteiger partial charge in [-0.1, -0.05) is 59.6 Å². The highest BCUT2D eigenvalue weighted by Crippen LogP contribution is 2.25. The molecule has 1 amide bonds. The van der Waals surface area contributed by atoms with Gasteiger partial charge in [-0.3, -0.25) is 9.36 Å². The Hall–Kier alpha value is -4.48. The van der Waals surface area contributed by atoms with E-state index in [-0.39, 0.29) is 6.54 Å². The minimum atomic E-state index is -0.622. The van der Waals surface area contributed by atoms with Crippen LogP contribution in [0.2, 0.25) is 5.02 Å². The van der Waals surface area contributed by atoms with Crippen molar-refractivity contribution in [3.63, 3.8) is 0 Å². The fourth-order valence-electron chi connectivity index (χ4n) is 3.93. The highest BCUT2D eigenvalue weighted by Gasteiger charge is 2.15. The summed E-state index contributed by atoms with van der Waals surface area (Å²) in [7, 11) is 0. The number of hydrogen-bond acceptors (Lipinski definition) is 6. The molecule has 0 aliphatic rings. The Morgan fingerprint density at radius 2 is 1.87 bits per heavy atom. The van der Waals surface area contributed by atoms with E-state index in [9.17, 15) is 14.0 Å². The lowest BCUT2D eigenvalue weighted by molar-refractivity contribution is -0.122. The third kappa shape index (κ3) is 5.84. The number of carbonyl (C=O) groups excluding carboxylic acids is 1. The number of nitrogen functional groups attached to an aromatic ring is 1. The van der Waals surface area contributed by atoms with E-state index in [0.717, 1.165) is 31.7 Å². The van der Waals surface area contributed by atoms with Crippen molar-refractivity contribution in [2.75, 3.05) is 5.84 Å². The number of benzene rings is 3. The Bertz CT molecular complexity index is 1770. The number of nitrogens with zero attached hydrogens (tertiary/aromatic N) is 5. The highest BCUT2D eigenvalue weighted by molar-refractivity contribution is 7.07. The first-order chi connectivity index (χ1) is 18.8. The van der Waals surface area contributed by atoms with Crippen molar-refractivity contribution in [3.8, 4) is 16.9 Å². The first-order valence-electron chi connectivity index (χ1n) is 11.8. The Balaban J connectivity index is 1.40. The van der Waals surface area contributed by atoms with E-state index >= 15 is 0 Å². The van der Waals surface area contributed by atoms with E-state index in [2.05, 4.69) is 15.6 Å². The summed E-state index contributed by atoms with van der Waals surface area (Å²) in [5, 5.41) is 10.9. The molecule has 9 nitrogen and oxygen atoms in total. The van der Waals surface area contributed by atoms with E-state index in [1.807, 2.05) is 48.7 Å². The molecule has 198 valence electrons. The molecule has 0 fully saturated rings. The Kier molecular flexibility index (Phi) is 7.44. The summed E-state index contributed by atoms with van der Waals surface area (Å²) in [5.74, 6) is 5.24. The highest BCUT2D eigenvalue weighted by atomic mass is 35.5. The number of carbonyl (C=O) groups is 1. The summed E-state index contributed by atoms with van der Waals surface area (Å²) >= 11 is 7.30. The third-order valence-electron chi connectivity index (χ3n) is 5.91. The quantitative estimate of drug-likeness (QED) is 0.233. The van der Waals surface area contributed by atoms with Gasteiger partial charge in [0.05, 0.1) is 11.4 Å². The largest absolute Gasteiger partial charge is 0.365 e. The molecule has 2 heterocycles. The molecular formula is C27H23ClFN7O2S. The molecule has 0 atom stereocenters. The predicted octanol–water partition coefficient (Wildman–Crippen LogP) is 3.60. The second kappa shape index (κ2) is 11.1. The fraction of sp³-hybridized carbons (Fsp3) is 0.111. The van der Waals surface area contributed by atoms with Gasteiger partial charge in [0.2, 0.25) is 4.80 Å². The van der Waals surface area contributed by atoms with Gasteiger partial charge in [-0.05, 0) is 48.4 Å². The summed E-state index contributed by atoms with van der Waals surface area (Å²) in [6, 6.07) is 21.0. The monoisotopic (exact) mass is 563 g/mol. The first-order valence-corrected chi connectivity index (χ1v) is 13.1. The van der Waals surface area contributed by atoms with E-state index in [4.69, 9.17) is 17.4 Å². The van der Waals surface area contributed by atoms with Gasteiger partial charge >= 0.3 is 5.69 Å². The summed E-state index contributed by atoms with van der Waals surface area (Å²) in [6.07, 6.45) is 0.335. The molecule has 0 aliphatic heterocycles. The zero-order chi connectivity index (χ0) is 27.5. The fourth-order valence-corrected chi connectivity index (χ4v) is 4.93. The average Bonchev–Trinajstić information content (AvgIpc) is 3.46. The molecule has 5 aromatic rings. The van der Waals surface area contributed by atoms with Gasteiger partial charge in [0.1, 0.15) is 12.4 Å². The minimum Gasteiger partial charge on any atom is -0.333 e. The van der Waals surface area contributed by atoms with Crippen LogP contribution in [0.4, 0.5) is 4.39 Å². The summed E-state index contributed by atoms with van der Waals surface area (Å²) < 4.78 is 17.7. The van der Waals surface area contributed by atoms with Crippen molar-refractivity contribution in [2.24, 2.45) is 5.10 Å². The van der Waals surface area contributed by atoms with Gasteiger partial charge in [-0.15, -0.1) is 16.4 Å². The normalized spacial score (nSPS) is 11.6. The van der Waals surface area contributed by atoms with Crippen LogP contribution in [-0.2, 0) is 17.8 Å². The van der Waals surface area contributed by atoms with Gasteiger partial charge in [-0.25, -0.2) is 19.3 Å². The van der Waals surface area contributed by atoms with Crippen molar-refractivity contribution in [3.05, 3.63) is 121 Å². The lowest BCUT2D eigenvalue weighted by Gasteiger charge is -2.09. The van der Waals surface area contributed by atoms with Crippen LogP contribution < -0.4 is 21.8 Å². The van der Waals surface area contributed by atoms with Crippen LogP contribution in [0.15, 0.2) is 88.1 Å². The number of rotatable bonds is 7. The van der Waals surface area contributed by atoms with Crippen molar-refractivity contribution in [2.45, 2.75) is 19.9 Å². The maximum Gasteiger partial charge on any atom is 0.365 e. The van der Waals surface area contributed by atoms with Gasteiger partial charge in [-0.2, -0.15) is 9.77 Å². The smallest absolute Gasteiger partial charge is 0.333 e. The van der Waals surface area contributed by atoms with E-state index in [1.165, 1.54) is 23.5 Å². The van der Waals surface area contributed by atoms with Crippen molar-refractivity contribution in [1.82, 2.24) is 24.4 Å². The molecule has 3 N–H and O–H groups in total. The molecular weight excluding hydrogens is 541 g/mol. The standard InChI is InChI=1S/C27H23ClFN7O2S/c1-17-5-7-18(8-6-17)13-24-33-34(27(38)36(24)30)15-25(37)31-32-26-35(22-4-2-3-21(29)14-22)23(16-39-26)19-9-11-20(28)12-10-19/h2-12,14,16H,13,15,30H2,1H3,(H,31,37)/b32-26-. The van der Waals surface area contributed by atoms with Gasteiger partial charge in [0.15, 0.2) is 5.82 Å². The zero-order valence-electron chi connectivity index (χ0n) is 20.7. The van der Waals surface area contributed by atoms with Crippen LogP contribution in [-0.4, -0.2) is 24.9 Å². The topological polar surface area (TPSA) is 112 Å². The third-order valence-corrected chi connectivity index (χ3v) is 6.99. The van der Waals surface area contributed by atoms with Crippen LogP contribution in [0.1, 0.15) is 17.0 Å². The number of aromatic nitrogens is 4. The molecule has 0 radical (unpaired) electrons. The second-order valence-corrected chi connectivity index (χ2v) is 10.0. The first kappa shape index (κ1) is 26.1. The maximum atomic E-state index is 14.1. The molecule has 2 aromatic heterocycles. The lowest BCUT2D eigenvalue weighted by atomic mass is 10.1. The SMILES string of the molecule is Cc1ccc(Cc2nn(CC(=O)N/N=c3\scc(-c4ccc(Cl)cc4)n3-c3cccc(F)c3)c(=O)n2N)cc1. The minimum absolute atomic E-state index is 0.323. The van der Waals surface area contributed by atoms with Crippen molar-refractivity contribution >= 4 is 28.8 Å². The lowest BCUT2D eigenvalue weighted by Crippen LogP contribution is -2.35. The molecule has 3 aromatic carbocycles. The van der Waals surface area contributed by atoms with Crippen LogP contribution in [0.5, 0.6) is 0 Å². The number of amides is 1. The number of thiazole rings is 1. The van der Waals surface area contributed by atoms with Gasteiger partial charge in [0.25, 0.3) is 5.91 Å². The molecule has 0 unspecified atom stereocenters. The second-order valence-electron chi connectivity index (χ2n) is 8.76. The van der Waals surface area contributed by atoms with Crippen LogP contribution in [0.25, 0.3) is 16.9 Å². The predicted molar refractivity (Wildman–Crippen MR) is 148 cm³/mol. The number of nitrogens with one attached hydrogen (secondary N) is 1. The molecule has 39 heavy (non-hydrogen) atoms. The summed E-state index contributed by atoms with van der Waals surface area (Å²) in [5.41, 5.74) is 5.97. The Morgan fingerprint density at radius 1 is 1.13 bits per heavy atom. The van der Waals surface area contributed by atoms with Crippen molar-refractivity contribution in [1.29, 1.82) is 0 Å². The number of halogens is 2. The molecule has 0 aliphatic carbocycles. The molecule has 0 spiro atoms. The number of aryl methyl sites for hydroxylation is 1. The maximum absolute atomic E-state index is 14.1. The van der Waals surface area contributed by atoms with Crippen molar-refractivity contribution < 1.29 is 9.18 Å². The Labute approximate surface area is 231 Å². The van der Waals surface area contributed by atoms with Gasteiger partial charge in [0, 0.05) is 16.8 Å². The Morgan fingerprint density at radius 3 is 2.59 bits per heavy atom. The summed E-state index contributed by atoms with van der Waals surface area (Å²) in [6.45, 7) is 1.60. The molecule has 5 rings (SSSR count). The van der Waals surface area contributed by atoms with E-state index in [0.29, 0.717) is 27.8 Å². The van der Waals surface area contributed by atoms with Gasteiger partial charge < -0.3 is 5.84 Å². The molecule has 0 saturated carbocycles. The molecule has 0 bridgehead atoms. The average molecular weight is 564 g/mol. The molecule has 12 heteroatoms. The zero-order valence-corrected chi connectivity index (χ0v) is 22.3.